The van der Waals surface area contributed by atoms with Crippen LogP contribution in [0.2, 0.25) is 0 Å². The van der Waals surface area contributed by atoms with Gasteiger partial charge < -0.3 is 14.6 Å². The Balaban J connectivity index is 1.83. The van der Waals surface area contributed by atoms with Gasteiger partial charge in [-0.05, 0) is 78.7 Å². The molecular weight excluding hydrogens is 288 g/mol. The second kappa shape index (κ2) is 6.60. The van der Waals surface area contributed by atoms with Crippen LogP contribution in [0.4, 0.5) is 0 Å². The van der Waals surface area contributed by atoms with Crippen molar-refractivity contribution in [1.82, 2.24) is 0 Å². The fourth-order valence-electron chi connectivity index (χ4n) is 5.99. The number of fused-ring (bicyclic) bond motifs is 1. The van der Waals surface area contributed by atoms with Crippen molar-refractivity contribution in [3.05, 3.63) is 24.2 Å². The van der Waals surface area contributed by atoms with Gasteiger partial charge in [-0.15, -0.1) is 0 Å². The van der Waals surface area contributed by atoms with Gasteiger partial charge in [0.25, 0.3) is 0 Å². The van der Waals surface area contributed by atoms with Crippen molar-refractivity contribution < 1.29 is 14.6 Å². The van der Waals surface area contributed by atoms with Crippen LogP contribution in [-0.4, -0.2) is 23.4 Å². The standard InChI is InChI=1S/C20H32O3/c1-19(14-22)9-3-10-20(2)17(6-4-15-8-11-23-13-15)16(12-21)5-7-18(19)20/h8,11,13,16-18,21-22H,3-7,9-10,12,14H2,1-2H3/t16-,17-,18-,19-,20-/m1/s1. The Morgan fingerprint density at radius 1 is 1.22 bits per heavy atom. The fourth-order valence-corrected chi connectivity index (χ4v) is 5.99. The van der Waals surface area contributed by atoms with Gasteiger partial charge in [0.05, 0.1) is 12.5 Å². The number of hydrogen-bond donors (Lipinski definition) is 2. The van der Waals surface area contributed by atoms with E-state index in [-0.39, 0.29) is 10.8 Å². The molecule has 2 aliphatic carbocycles. The van der Waals surface area contributed by atoms with Crippen molar-refractivity contribution in [3.63, 3.8) is 0 Å². The van der Waals surface area contributed by atoms with Crippen LogP contribution in [-0.2, 0) is 6.42 Å². The monoisotopic (exact) mass is 320 g/mol. The maximum Gasteiger partial charge on any atom is 0.0934 e. The van der Waals surface area contributed by atoms with Crippen LogP contribution in [0.5, 0.6) is 0 Å². The molecule has 2 N–H and O–H groups in total. The summed E-state index contributed by atoms with van der Waals surface area (Å²) in [7, 11) is 0. The third-order valence-electron chi connectivity index (χ3n) is 7.26. The largest absolute Gasteiger partial charge is 0.472 e. The quantitative estimate of drug-likeness (QED) is 0.861. The highest BCUT2D eigenvalue weighted by molar-refractivity contribution is 5.08. The number of aliphatic hydroxyl groups is 2. The molecule has 2 aliphatic rings. The normalized spacial score (nSPS) is 40.8. The van der Waals surface area contributed by atoms with Gasteiger partial charge in [0.1, 0.15) is 0 Å². The molecule has 5 atom stereocenters. The number of aryl methyl sites for hydroxylation is 1. The first-order chi connectivity index (χ1) is 11.0. The summed E-state index contributed by atoms with van der Waals surface area (Å²) in [5.74, 6) is 1.52. The summed E-state index contributed by atoms with van der Waals surface area (Å²) >= 11 is 0. The molecule has 0 radical (unpaired) electrons. The smallest absolute Gasteiger partial charge is 0.0934 e. The van der Waals surface area contributed by atoms with Crippen LogP contribution >= 0.6 is 0 Å². The Labute approximate surface area is 140 Å². The first-order valence-corrected chi connectivity index (χ1v) is 9.26. The van der Waals surface area contributed by atoms with E-state index in [0.717, 1.165) is 32.1 Å². The Hall–Kier alpha value is -0.800. The molecule has 0 aromatic carbocycles. The van der Waals surface area contributed by atoms with E-state index in [1.54, 1.807) is 6.26 Å². The highest BCUT2D eigenvalue weighted by atomic mass is 16.3. The van der Waals surface area contributed by atoms with E-state index < -0.39 is 0 Å². The lowest BCUT2D eigenvalue weighted by Crippen LogP contribution is -2.54. The predicted molar refractivity (Wildman–Crippen MR) is 91.0 cm³/mol. The molecule has 1 aromatic heterocycles. The van der Waals surface area contributed by atoms with Gasteiger partial charge in [0.2, 0.25) is 0 Å². The Kier molecular flexibility index (Phi) is 4.89. The molecule has 1 heterocycles. The summed E-state index contributed by atoms with van der Waals surface area (Å²) in [6, 6.07) is 2.05. The van der Waals surface area contributed by atoms with Crippen LogP contribution < -0.4 is 0 Å². The van der Waals surface area contributed by atoms with Gasteiger partial charge in [-0.3, -0.25) is 0 Å². The second-order valence-electron chi connectivity index (χ2n) is 8.52. The average molecular weight is 320 g/mol. The summed E-state index contributed by atoms with van der Waals surface area (Å²) in [6.07, 6.45) is 11.5. The molecule has 0 saturated heterocycles. The molecule has 3 heteroatoms. The highest BCUT2D eigenvalue weighted by Gasteiger charge is 2.55. The number of furan rings is 1. The van der Waals surface area contributed by atoms with Crippen molar-refractivity contribution in [2.24, 2.45) is 28.6 Å². The van der Waals surface area contributed by atoms with Crippen LogP contribution in [0.15, 0.2) is 23.0 Å². The lowest BCUT2D eigenvalue weighted by molar-refractivity contribution is -0.128. The van der Waals surface area contributed by atoms with E-state index in [1.165, 1.54) is 18.4 Å². The van der Waals surface area contributed by atoms with Gasteiger partial charge in [0, 0.05) is 13.2 Å². The van der Waals surface area contributed by atoms with E-state index in [9.17, 15) is 10.2 Å². The molecular formula is C20H32O3. The third kappa shape index (κ3) is 2.98. The van der Waals surface area contributed by atoms with Gasteiger partial charge in [-0.25, -0.2) is 0 Å². The summed E-state index contributed by atoms with van der Waals surface area (Å²) < 4.78 is 5.21. The first-order valence-electron chi connectivity index (χ1n) is 9.26. The molecule has 0 spiro atoms. The summed E-state index contributed by atoms with van der Waals surface area (Å²) in [5, 5.41) is 20.0. The highest BCUT2D eigenvalue weighted by Crippen LogP contribution is 2.61. The molecule has 3 nitrogen and oxygen atoms in total. The Morgan fingerprint density at radius 3 is 2.70 bits per heavy atom. The Bertz CT molecular complexity index is 497. The minimum atomic E-state index is 0.0569. The fraction of sp³-hybridized carbons (Fsp3) is 0.800. The number of hydrogen-bond acceptors (Lipinski definition) is 3. The predicted octanol–water partition coefficient (Wildman–Crippen LogP) is 4.04. The minimum Gasteiger partial charge on any atom is -0.472 e. The van der Waals surface area contributed by atoms with E-state index in [0.29, 0.717) is 31.0 Å². The summed E-state index contributed by atoms with van der Waals surface area (Å²) in [6.45, 7) is 5.31. The van der Waals surface area contributed by atoms with Crippen LogP contribution in [0.1, 0.15) is 57.9 Å². The first kappa shape index (κ1) is 17.0. The minimum absolute atomic E-state index is 0.0569. The lowest BCUT2D eigenvalue weighted by atomic mass is 9.45. The van der Waals surface area contributed by atoms with Crippen LogP contribution in [0, 0.1) is 28.6 Å². The zero-order valence-electron chi connectivity index (χ0n) is 14.6. The van der Waals surface area contributed by atoms with Crippen LogP contribution in [0.25, 0.3) is 0 Å². The molecule has 0 aliphatic heterocycles. The second-order valence-corrected chi connectivity index (χ2v) is 8.52. The zero-order valence-corrected chi connectivity index (χ0v) is 14.6. The van der Waals surface area contributed by atoms with Gasteiger partial charge in [0.15, 0.2) is 0 Å². The van der Waals surface area contributed by atoms with Crippen molar-refractivity contribution in [3.8, 4) is 0 Å². The molecule has 0 amide bonds. The lowest BCUT2D eigenvalue weighted by Gasteiger charge is -2.60. The zero-order chi connectivity index (χ0) is 16.5. The molecule has 23 heavy (non-hydrogen) atoms. The van der Waals surface area contributed by atoms with Gasteiger partial charge in [-0.1, -0.05) is 20.3 Å². The molecule has 130 valence electrons. The maximum absolute atomic E-state index is 10.0. The summed E-state index contributed by atoms with van der Waals surface area (Å²) in [5.41, 5.74) is 1.56. The maximum atomic E-state index is 10.0. The number of rotatable bonds is 5. The van der Waals surface area contributed by atoms with Crippen molar-refractivity contribution >= 4 is 0 Å². The summed E-state index contributed by atoms with van der Waals surface area (Å²) in [4.78, 5) is 0. The molecule has 2 fully saturated rings. The van der Waals surface area contributed by atoms with Gasteiger partial charge in [-0.2, -0.15) is 0 Å². The van der Waals surface area contributed by atoms with Gasteiger partial charge >= 0.3 is 0 Å². The molecule has 0 bridgehead atoms. The SMILES string of the molecule is C[C@]1(CO)CCC[C@]2(C)[C@H](CCc3ccoc3)[C@@H](CO)CC[C@H]12. The van der Waals surface area contributed by atoms with Crippen molar-refractivity contribution in [2.45, 2.75) is 58.8 Å². The third-order valence-corrected chi connectivity index (χ3v) is 7.26. The van der Waals surface area contributed by atoms with Crippen LogP contribution in [0.3, 0.4) is 0 Å². The topological polar surface area (TPSA) is 53.6 Å². The Morgan fingerprint density at radius 2 is 2.04 bits per heavy atom. The molecule has 3 rings (SSSR count). The number of aliphatic hydroxyl groups excluding tert-OH is 2. The molecule has 2 saturated carbocycles. The van der Waals surface area contributed by atoms with E-state index in [2.05, 4.69) is 19.9 Å². The average Bonchev–Trinajstić information content (AvgIpc) is 3.06. The van der Waals surface area contributed by atoms with E-state index >= 15 is 0 Å². The van der Waals surface area contributed by atoms with Crippen molar-refractivity contribution in [1.29, 1.82) is 0 Å². The molecule has 0 unspecified atom stereocenters. The van der Waals surface area contributed by atoms with Crippen molar-refractivity contribution in [2.75, 3.05) is 13.2 Å². The molecule has 1 aromatic rings. The van der Waals surface area contributed by atoms with E-state index in [1.807, 2.05) is 6.26 Å². The van der Waals surface area contributed by atoms with E-state index in [4.69, 9.17) is 4.42 Å².